The molecule has 0 radical (unpaired) electrons. The molecule has 0 unspecified atom stereocenters. The molecule has 0 fully saturated rings. The third kappa shape index (κ3) is 2.36. The van der Waals surface area contributed by atoms with Gasteiger partial charge in [-0.15, -0.1) is 0 Å². The van der Waals surface area contributed by atoms with E-state index >= 15 is 0 Å². The molecular weight excluding hydrogens is 254 g/mol. The fourth-order valence-electron chi connectivity index (χ4n) is 2.34. The third-order valence-corrected chi connectivity index (χ3v) is 3.40. The number of anilines is 1. The quantitative estimate of drug-likeness (QED) is 0.915. The Morgan fingerprint density at radius 1 is 1.35 bits per heavy atom. The Hall–Kier alpha value is -2.37. The van der Waals surface area contributed by atoms with Crippen LogP contribution in [0, 0.1) is 0 Å². The molecule has 1 N–H and O–H groups in total. The maximum atomic E-state index is 12.4. The number of fused-ring (bicyclic) bond motifs is 1. The van der Waals surface area contributed by atoms with E-state index in [2.05, 4.69) is 19.9 Å². The van der Waals surface area contributed by atoms with Crippen molar-refractivity contribution in [2.45, 2.75) is 20.0 Å². The number of aromatic nitrogens is 3. The molecule has 1 aliphatic rings. The van der Waals surface area contributed by atoms with E-state index in [0.717, 1.165) is 24.7 Å². The number of amides is 1. The molecule has 1 amide bonds. The summed E-state index contributed by atoms with van der Waals surface area (Å²) in [7, 11) is 0. The number of hydrogen-bond acceptors (Lipinski definition) is 4. The molecule has 0 bridgehead atoms. The van der Waals surface area contributed by atoms with Gasteiger partial charge in [-0.05, 0) is 19.1 Å². The molecule has 0 atom stereocenters. The first-order valence-corrected chi connectivity index (χ1v) is 6.77. The number of rotatable bonds is 3. The van der Waals surface area contributed by atoms with Gasteiger partial charge >= 0.3 is 0 Å². The zero-order chi connectivity index (χ0) is 13.9. The Balaban J connectivity index is 1.73. The molecule has 0 spiro atoms. The molecule has 104 valence electrons. The van der Waals surface area contributed by atoms with E-state index in [1.54, 1.807) is 12.4 Å². The van der Waals surface area contributed by atoms with E-state index in [0.29, 0.717) is 18.7 Å². The molecule has 0 aliphatic carbocycles. The summed E-state index contributed by atoms with van der Waals surface area (Å²) in [5, 5.41) is 3.11. The van der Waals surface area contributed by atoms with Gasteiger partial charge in [0.15, 0.2) is 0 Å². The second-order valence-electron chi connectivity index (χ2n) is 4.73. The molecule has 0 saturated heterocycles. The number of nitrogens with zero attached hydrogens (tertiary/aromatic N) is 4. The predicted octanol–water partition coefficient (Wildman–Crippen LogP) is 1.37. The Kier molecular flexibility index (Phi) is 3.37. The van der Waals surface area contributed by atoms with Crippen molar-refractivity contribution in [1.29, 1.82) is 0 Å². The molecule has 0 aromatic carbocycles. The van der Waals surface area contributed by atoms with Crippen molar-refractivity contribution in [2.24, 2.45) is 0 Å². The molecule has 0 saturated carbocycles. The van der Waals surface area contributed by atoms with E-state index < -0.39 is 0 Å². The summed E-state index contributed by atoms with van der Waals surface area (Å²) >= 11 is 0. The predicted molar refractivity (Wildman–Crippen MR) is 75.4 cm³/mol. The highest BCUT2D eigenvalue weighted by atomic mass is 16.2. The Morgan fingerprint density at radius 2 is 2.25 bits per heavy atom. The van der Waals surface area contributed by atoms with Gasteiger partial charge in [-0.1, -0.05) is 0 Å². The average molecular weight is 271 g/mol. The van der Waals surface area contributed by atoms with Gasteiger partial charge in [0, 0.05) is 38.2 Å². The lowest BCUT2D eigenvalue weighted by Gasteiger charge is -2.27. The van der Waals surface area contributed by atoms with Crippen molar-refractivity contribution in [3.05, 3.63) is 42.1 Å². The van der Waals surface area contributed by atoms with E-state index in [9.17, 15) is 4.79 Å². The lowest BCUT2D eigenvalue weighted by atomic mass is 10.2. The second kappa shape index (κ2) is 5.32. The van der Waals surface area contributed by atoms with Gasteiger partial charge in [-0.3, -0.25) is 4.79 Å². The fraction of sp³-hybridized carbons (Fsp3) is 0.357. The largest absolute Gasteiger partial charge is 0.370 e. The Morgan fingerprint density at radius 3 is 3.00 bits per heavy atom. The highest BCUT2D eigenvalue weighted by molar-refractivity contribution is 5.94. The minimum atomic E-state index is 0.00907. The first-order valence-electron chi connectivity index (χ1n) is 6.77. The lowest BCUT2D eigenvalue weighted by Crippen LogP contribution is -2.38. The molecule has 2 aromatic rings. The van der Waals surface area contributed by atoms with Crippen LogP contribution in [0.2, 0.25) is 0 Å². The van der Waals surface area contributed by atoms with Crippen LogP contribution < -0.4 is 5.32 Å². The van der Waals surface area contributed by atoms with Crippen molar-refractivity contribution in [3.8, 4) is 0 Å². The normalized spacial score (nSPS) is 13.9. The van der Waals surface area contributed by atoms with Gasteiger partial charge in [0.2, 0.25) is 0 Å². The van der Waals surface area contributed by atoms with Crippen LogP contribution in [-0.2, 0) is 13.1 Å². The highest BCUT2D eigenvalue weighted by Crippen LogP contribution is 2.14. The number of hydrogen-bond donors (Lipinski definition) is 1. The van der Waals surface area contributed by atoms with Crippen LogP contribution in [0.3, 0.4) is 0 Å². The van der Waals surface area contributed by atoms with E-state index in [-0.39, 0.29) is 5.91 Å². The summed E-state index contributed by atoms with van der Waals surface area (Å²) in [5.41, 5.74) is 0.617. The van der Waals surface area contributed by atoms with Gasteiger partial charge < -0.3 is 14.8 Å². The average Bonchev–Trinajstić information content (AvgIpc) is 2.95. The van der Waals surface area contributed by atoms with Gasteiger partial charge in [-0.2, -0.15) is 0 Å². The highest BCUT2D eigenvalue weighted by Gasteiger charge is 2.22. The molecule has 6 heteroatoms. The summed E-state index contributed by atoms with van der Waals surface area (Å²) < 4.78 is 2.08. The Labute approximate surface area is 117 Å². The SMILES string of the molecule is CCNc1ccc(C(=O)N2CCn3ccnc3C2)cn1. The van der Waals surface area contributed by atoms with Crippen molar-refractivity contribution in [1.82, 2.24) is 19.4 Å². The molecule has 3 rings (SSSR count). The van der Waals surface area contributed by atoms with Crippen LogP contribution >= 0.6 is 0 Å². The topological polar surface area (TPSA) is 63.1 Å². The Bertz CT molecular complexity index is 604. The fourth-order valence-corrected chi connectivity index (χ4v) is 2.34. The van der Waals surface area contributed by atoms with Crippen molar-refractivity contribution in [2.75, 3.05) is 18.4 Å². The number of pyridine rings is 1. The summed E-state index contributed by atoms with van der Waals surface area (Å²) in [6, 6.07) is 3.65. The van der Waals surface area contributed by atoms with Crippen LogP contribution in [0.4, 0.5) is 5.82 Å². The third-order valence-electron chi connectivity index (χ3n) is 3.40. The number of imidazole rings is 1. The zero-order valence-electron chi connectivity index (χ0n) is 11.4. The van der Waals surface area contributed by atoms with Gasteiger partial charge in [0.1, 0.15) is 11.6 Å². The monoisotopic (exact) mass is 271 g/mol. The summed E-state index contributed by atoms with van der Waals surface area (Å²) in [4.78, 5) is 22.7. The van der Waals surface area contributed by atoms with Crippen LogP contribution in [0.15, 0.2) is 30.7 Å². The number of carbonyl (C=O) groups excluding carboxylic acids is 1. The first-order chi connectivity index (χ1) is 9.78. The van der Waals surface area contributed by atoms with E-state index in [1.165, 1.54) is 0 Å². The maximum Gasteiger partial charge on any atom is 0.255 e. The van der Waals surface area contributed by atoms with Crippen molar-refractivity contribution < 1.29 is 4.79 Å². The molecular formula is C14H17N5O. The smallest absolute Gasteiger partial charge is 0.255 e. The first kappa shape index (κ1) is 12.7. The lowest BCUT2D eigenvalue weighted by molar-refractivity contribution is 0.0707. The van der Waals surface area contributed by atoms with Gasteiger partial charge in [0.05, 0.1) is 12.1 Å². The number of carbonyl (C=O) groups is 1. The molecule has 1 aliphatic heterocycles. The standard InChI is InChI=1S/C14H17N5O/c1-2-15-12-4-3-11(9-17-12)14(20)19-8-7-18-6-5-16-13(18)10-19/h3-6,9H,2,7-8,10H2,1H3,(H,15,17). The summed E-state index contributed by atoms with van der Waals surface area (Å²) in [6.07, 6.45) is 5.35. The van der Waals surface area contributed by atoms with Gasteiger partial charge in [0.25, 0.3) is 5.91 Å². The zero-order valence-corrected chi connectivity index (χ0v) is 11.4. The maximum absolute atomic E-state index is 12.4. The molecule has 2 aromatic heterocycles. The van der Waals surface area contributed by atoms with Crippen LogP contribution in [0.5, 0.6) is 0 Å². The van der Waals surface area contributed by atoms with Crippen LogP contribution in [0.25, 0.3) is 0 Å². The van der Waals surface area contributed by atoms with Crippen LogP contribution in [0.1, 0.15) is 23.1 Å². The summed E-state index contributed by atoms with van der Waals surface area (Å²) in [5.74, 6) is 1.73. The van der Waals surface area contributed by atoms with Crippen molar-refractivity contribution >= 4 is 11.7 Å². The minimum absolute atomic E-state index is 0.00907. The van der Waals surface area contributed by atoms with Crippen LogP contribution in [-0.4, -0.2) is 38.4 Å². The summed E-state index contributed by atoms with van der Waals surface area (Å²) in [6.45, 7) is 4.88. The molecule has 3 heterocycles. The van der Waals surface area contributed by atoms with E-state index in [4.69, 9.17) is 0 Å². The van der Waals surface area contributed by atoms with Gasteiger partial charge in [-0.25, -0.2) is 9.97 Å². The van der Waals surface area contributed by atoms with Crippen molar-refractivity contribution in [3.63, 3.8) is 0 Å². The molecule has 6 nitrogen and oxygen atoms in total. The molecule has 20 heavy (non-hydrogen) atoms. The minimum Gasteiger partial charge on any atom is -0.370 e. The number of nitrogens with one attached hydrogen (secondary N) is 1. The van der Waals surface area contributed by atoms with E-state index in [1.807, 2.05) is 30.2 Å². The second-order valence-corrected chi connectivity index (χ2v) is 4.73.